The smallest absolute Gasteiger partial charge is 0.220 e. The van der Waals surface area contributed by atoms with Crippen LogP contribution in [0.5, 0.6) is 0 Å². The normalized spacial score (nSPS) is 38.1. The van der Waals surface area contributed by atoms with Crippen molar-refractivity contribution in [2.24, 2.45) is 0 Å². The van der Waals surface area contributed by atoms with E-state index < -0.39 is 10.5 Å². The molecule has 1 aliphatic carbocycles. The summed E-state index contributed by atoms with van der Waals surface area (Å²) >= 11 is 21.9. The molecule has 1 aliphatic rings. The zero-order valence-electron chi connectivity index (χ0n) is 5.12. The molecule has 0 aromatic carbocycles. The second-order valence-electron chi connectivity index (χ2n) is 2.07. The fourth-order valence-corrected chi connectivity index (χ4v) is 1.51. The standard InChI is InChI=1S/C6H3Cl4F/c7-3-1-2-6(10,11)5(9)4(3)8/h1-2,5H. The Labute approximate surface area is 83.6 Å². The lowest BCUT2D eigenvalue weighted by atomic mass is 10.1. The summed E-state index contributed by atoms with van der Waals surface area (Å²) < 4.78 is 13.1. The molecule has 11 heavy (non-hydrogen) atoms. The largest absolute Gasteiger partial charge is 0.223 e. The van der Waals surface area contributed by atoms with E-state index >= 15 is 0 Å². The van der Waals surface area contributed by atoms with Gasteiger partial charge in [-0.05, 0) is 12.2 Å². The van der Waals surface area contributed by atoms with E-state index in [2.05, 4.69) is 0 Å². The van der Waals surface area contributed by atoms with E-state index in [1.807, 2.05) is 0 Å². The van der Waals surface area contributed by atoms with Crippen LogP contribution in [0.3, 0.4) is 0 Å². The lowest BCUT2D eigenvalue weighted by Gasteiger charge is -2.23. The highest BCUT2D eigenvalue weighted by Gasteiger charge is 2.38. The second kappa shape index (κ2) is 3.14. The van der Waals surface area contributed by atoms with E-state index in [0.29, 0.717) is 0 Å². The minimum atomic E-state index is -2.13. The maximum absolute atomic E-state index is 13.1. The van der Waals surface area contributed by atoms with Crippen LogP contribution in [-0.4, -0.2) is 10.5 Å². The van der Waals surface area contributed by atoms with Gasteiger partial charge in [0.25, 0.3) is 0 Å². The van der Waals surface area contributed by atoms with Gasteiger partial charge in [-0.3, -0.25) is 0 Å². The van der Waals surface area contributed by atoms with Crippen LogP contribution in [0.4, 0.5) is 4.39 Å². The lowest BCUT2D eigenvalue weighted by Crippen LogP contribution is -2.28. The first-order valence-electron chi connectivity index (χ1n) is 2.71. The van der Waals surface area contributed by atoms with Gasteiger partial charge in [0.1, 0.15) is 5.38 Å². The Morgan fingerprint density at radius 3 is 2.45 bits per heavy atom. The van der Waals surface area contributed by atoms with Gasteiger partial charge in [-0.15, -0.1) is 11.6 Å². The Kier molecular flexibility index (Phi) is 2.75. The average molecular weight is 236 g/mol. The van der Waals surface area contributed by atoms with Crippen LogP contribution in [-0.2, 0) is 0 Å². The number of alkyl halides is 3. The van der Waals surface area contributed by atoms with Crippen LogP contribution < -0.4 is 0 Å². The fraction of sp³-hybridized carbons (Fsp3) is 0.333. The molecule has 62 valence electrons. The summed E-state index contributed by atoms with van der Waals surface area (Å²) in [5, 5.41) is -2.98. The van der Waals surface area contributed by atoms with Gasteiger partial charge in [-0.25, -0.2) is 4.39 Å². The molecule has 2 unspecified atom stereocenters. The molecule has 0 spiro atoms. The highest BCUT2D eigenvalue weighted by Crippen LogP contribution is 2.40. The summed E-state index contributed by atoms with van der Waals surface area (Å²) in [6, 6.07) is 0. The van der Waals surface area contributed by atoms with Gasteiger partial charge < -0.3 is 0 Å². The van der Waals surface area contributed by atoms with Gasteiger partial charge in [0.15, 0.2) is 0 Å². The van der Waals surface area contributed by atoms with E-state index in [1.165, 1.54) is 6.08 Å². The maximum atomic E-state index is 13.1. The predicted octanol–water partition coefficient (Wildman–Crippen LogP) is 3.76. The summed E-state index contributed by atoms with van der Waals surface area (Å²) in [7, 11) is 0. The Balaban J connectivity index is 3.01. The molecule has 0 N–H and O–H groups in total. The van der Waals surface area contributed by atoms with Crippen molar-refractivity contribution in [2.75, 3.05) is 0 Å². The number of rotatable bonds is 0. The van der Waals surface area contributed by atoms with E-state index in [4.69, 9.17) is 46.4 Å². The second-order valence-corrected chi connectivity index (χ2v) is 3.90. The number of halogens is 5. The molecule has 0 saturated carbocycles. The minimum absolute atomic E-state index is 0.0355. The quantitative estimate of drug-likeness (QED) is 0.561. The van der Waals surface area contributed by atoms with Gasteiger partial charge in [0.2, 0.25) is 5.13 Å². The van der Waals surface area contributed by atoms with E-state index in [-0.39, 0.29) is 10.1 Å². The van der Waals surface area contributed by atoms with Crippen LogP contribution in [0.1, 0.15) is 0 Å². The number of hydrogen-bond donors (Lipinski definition) is 0. The SMILES string of the molecule is FC1(Cl)C=CC(Cl)=C(Cl)C1Cl. The van der Waals surface area contributed by atoms with Crippen molar-refractivity contribution >= 4 is 46.4 Å². The zero-order valence-corrected chi connectivity index (χ0v) is 8.15. The van der Waals surface area contributed by atoms with E-state index in [9.17, 15) is 4.39 Å². The summed E-state index contributed by atoms with van der Waals surface area (Å²) in [6.45, 7) is 0. The Bertz CT molecular complexity index is 231. The van der Waals surface area contributed by atoms with Crippen LogP contribution >= 0.6 is 46.4 Å². The third-order valence-corrected chi connectivity index (χ3v) is 3.19. The Hall–Kier alpha value is 0.570. The van der Waals surface area contributed by atoms with Gasteiger partial charge in [-0.1, -0.05) is 34.8 Å². The molecule has 0 aliphatic heterocycles. The van der Waals surface area contributed by atoms with E-state index in [1.54, 1.807) is 0 Å². The summed E-state index contributed by atoms with van der Waals surface area (Å²) in [5.41, 5.74) is 0. The summed E-state index contributed by atoms with van der Waals surface area (Å²) in [6.07, 6.45) is 2.36. The first-order valence-corrected chi connectivity index (χ1v) is 4.28. The van der Waals surface area contributed by atoms with Crippen molar-refractivity contribution in [1.82, 2.24) is 0 Å². The van der Waals surface area contributed by atoms with Crippen molar-refractivity contribution in [3.63, 3.8) is 0 Å². The minimum Gasteiger partial charge on any atom is -0.220 e. The fourth-order valence-electron chi connectivity index (χ4n) is 0.638. The summed E-state index contributed by atoms with van der Waals surface area (Å²) in [4.78, 5) is 0. The molecule has 0 aromatic rings. The third-order valence-electron chi connectivity index (χ3n) is 1.24. The molecule has 0 radical (unpaired) electrons. The molecule has 0 aromatic heterocycles. The van der Waals surface area contributed by atoms with Crippen molar-refractivity contribution < 1.29 is 4.39 Å². The van der Waals surface area contributed by atoms with Crippen molar-refractivity contribution in [3.05, 3.63) is 22.2 Å². The molecular formula is C6H3Cl4F. The highest BCUT2D eigenvalue weighted by atomic mass is 35.5. The third kappa shape index (κ3) is 1.83. The summed E-state index contributed by atoms with van der Waals surface area (Å²) in [5.74, 6) is 0. The molecule has 2 atom stereocenters. The van der Waals surface area contributed by atoms with Gasteiger partial charge in [-0.2, -0.15) is 0 Å². The Morgan fingerprint density at radius 1 is 1.45 bits per heavy atom. The molecule has 0 bridgehead atoms. The van der Waals surface area contributed by atoms with Crippen molar-refractivity contribution in [1.29, 1.82) is 0 Å². The van der Waals surface area contributed by atoms with E-state index in [0.717, 1.165) is 6.08 Å². The molecule has 5 heteroatoms. The van der Waals surface area contributed by atoms with Gasteiger partial charge in [0, 0.05) is 0 Å². The van der Waals surface area contributed by atoms with Crippen molar-refractivity contribution in [2.45, 2.75) is 10.5 Å². The molecule has 0 nitrogen and oxygen atoms in total. The first kappa shape index (κ1) is 9.66. The lowest BCUT2D eigenvalue weighted by molar-refractivity contribution is 0.349. The number of hydrogen-bond acceptors (Lipinski definition) is 0. The predicted molar refractivity (Wildman–Crippen MR) is 47.2 cm³/mol. The molecular weight excluding hydrogens is 233 g/mol. The van der Waals surface area contributed by atoms with Crippen LogP contribution in [0.15, 0.2) is 22.2 Å². The molecule has 0 heterocycles. The maximum Gasteiger partial charge on any atom is 0.223 e. The molecule has 0 saturated heterocycles. The average Bonchev–Trinajstić information content (AvgIpc) is 1.95. The van der Waals surface area contributed by atoms with Gasteiger partial charge in [0.05, 0.1) is 10.1 Å². The van der Waals surface area contributed by atoms with Crippen LogP contribution in [0, 0.1) is 0 Å². The van der Waals surface area contributed by atoms with Crippen LogP contribution in [0.2, 0.25) is 0 Å². The first-order chi connectivity index (χ1) is 4.95. The monoisotopic (exact) mass is 234 g/mol. The van der Waals surface area contributed by atoms with Crippen molar-refractivity contribution in [3.8, 4) is 0 Å². The molecule has 0 amide bonds. The zero-order chi connectivity index (χ0) is 8.65. The molecule has 1 rings (SSSR count). The van der Waals surface area contributed by atoms with Gasteiger partial charge >= 0.3 is 0 Å². The topological polar surface area (TPSA) is 0 Å². The van der Waals surface area contributed by atoms with Crippen LogP contribution in [0.25, 0.3) is 0 Å². The molecule has 0 fully saturated rings. The highest BCUT2D eigenvalue weighted by molar-refractivity contribution is 6.47. The Morgan fingerprint density at radius 2 is 2.00 bits per heavy atom. The number of allylic oxidation sites excluding steroid dienone is 4.